The Kier molecular flexibility index (Phi) is 5.91. The monoisotopic (exact) mass is 311 g/mol. The van der Waals surface area contributed by atoms with E-state index in [1.807, 2.05) is 0 Å². The second kappa shape index (κ2) is 7.70. The first-order valence-electron chi connectivity index (χ1n) is 8.48. The molecule has 0 aromatic heterocycles. The first-order valence-corrected chi connectivity index (χ1v) is 8.48. The number of urea groups is 1. The molecule has 6 nitrogen and oxygen atoms in total. The van der Waals surface area contributed by atoms with Gasteiger partial charge in [0.1, 0.15) is 0 Å². The van der Waals surface area contributed by atoms with Crippen molar-refractivity contribution in [1.29, 1.82) is 0 Å². The molecule has 1 aliphatic carbocycles. The summed E-state index contributed by atoms with van der Waals surface area (Å²) < 4.78 is 4.99. The first-order chi connectivity index (χ1) is 10.5. The number of ether oxygens (including phenoxy) is 1. The second-order valence-corrected chi connectivity index (χ2v) is 6.81. The van der Waals surface area contributed by atoms with Gasteiger partial charge in [-0.25, -0.2) is 9.59 Å². The molecule has 2 N–H and O–H groups in total. The van der Waals surface area contributed by atoms with Crippen molar-refractivity contribution in [3.05, 3.63) is 0 Å². The van der Waals surface area contributed by atoms with Crippen molar-refractivity contribution in [2.45, 2.75) is 58.4 Å². The Hall–Kier alpha value is -1.46. The lowest BCUT2D eigenvalue weighted by Crippen LogP contribution is -2.50. The highest BCUT2D eigenvalue weighted by atomic mass is 16.6. The lowest BCUT2D eigenvalue weighted by atomic mass is 9.89. The maximum atomic E-state index is 12.0. The first kappa shape index (κ1) is 16.9. The zero-order valence-electron chi connectivity index (χ0n) is 13.8. The highest BCUT2D eigenvalue weighted by Crippen LogP contribution is 2.36. The molecule has 0 aromatic carbocycles. The summed E-state index contributed by atoms with van der Waals surface area (Å²) in [4.78, 5) is 25.3. The molecule has 0 radical (unpaired) electrons. The molecule has 0 atom stereocenters. The Morgan fingerprint density at radius 1 is 1.23 bits per heavy atom. The van der Waals surface area contributed by atoms with Crippen LogP contribution in [0.15, 0.2) is 0 Å². The molecule has 22 heavy (non-hydrogen) atoms. The van der Waals surface area contributed by atoms with Crippen molar-refractivity contribution >= 4 is 12.1 Å². The maximum absolute atomic E-state index is 12.0. The predicted molar refractivity (Wildman–Crippen MR) is 84.7 cm³/mol. The number of nitrogens with zero attached hydrogens (tertiary/aromatic N) is 1. The second-order valence-electron chi connectivity index (χ2n) is 6.81. The van der Waals surface area contributed by atoms with Crippen molar-refractivity contribution in [3.63, 3.8) is 0 Å². The van der Waals surface area contributed by atoms with E-state index in [-0.39, 0.29) is 23.6 Å². The molecule has 0 spiro atoms. The van der Waals surface area contributed by atoms with Crippen molar-refractivity contribution in [2.75, 3.05) is 26.2 Å². The molecule has 1 heterocycles. The highest BCUT2D eigenvalue weighted by Gasteiger charge is 2.29. The third-order valence-electron chi connectivity index (χ3n) is 4.84. The standard InChI is InChI=1S/C16H29N3O3/c1-3-22-15(21)19-10-6-13(7-11-19)18-14(20)17-12-16(2)8-4-5-9-16/h13H,3-12H2,1-2H3,(H2,17,18,20). The lowest BCUT2D eigenvalue weighted by Gasteiger charge is -2.32. The maximum Gasteiger partial charge on any atom is 0.409 e. The molecule has 2 aliphatic rings. The minimum absolute atomic E-state index is 0.0808. The number of hydrogen-bond acceptors (Lipinski definition) is 3. The fourth-order valence-electron chi connectivity index (χ4n) is 3.36. The van der Waals surface area contributed by atoms with E-state index in [0.717, 1.165) is 19.4 Å². The van der Waals surface area contributed by atoms with E-state index in [1.165, 1.54) is 25.7 Å². The van der Waals surface area contributed by atoms with Gasteiger partial charge in [0.25, 0.3) is 0 Å². The summed E-state index contributed by atoms with van der Waals surface area (Å²) in [5.41, 5.74) is 0.268. The molecule has 6 heteroatoms. The number of amides is 3. The van der Waals surface area contributed by atoms with Gasteiger partial charge in [-0.2, -0.15) is 0 Å². The van der Waals surface area contributed by atoms with Crippen LogP contribution < -0.4 is 10.6 Å². The Morgan fingerprint density at radius 2 is 1.86 bits per heavy atom. The van der Waals surface area contributed by atoms with Gasteiger partial charge in [-0.05, 0) is 38.0 Å². The van der Waals surface area contributed by atoms with Crippen LogP contribution in [0.1, 0.15) is 52.4 Å². The summed E-state index contributed by atoms with van der Waals surface area (Å²) in [6, 6.07) is 0.0600. The lowest BCUT2D eigenvalue weighted by molar-refractivity contribution is 0.0957. The van der Waals surface area contributed by atoms with Gasteiger partial charge < -0.3 is 20.3 Å². The molecule has 126 valence electrons. The number of hydrogen-bond donors (Lipinski definition) is 2. The van der Waals surface area contributed by atoms with Gasteiger partial charge >= 0.3 is 12.1 Å². The number of likely N-dealkylation sites (tertiary alicyclic amines) is 1. The number of carbonyl (C=O) groups excluding carboxylic acids is 2. The van der Waals surface area contributed by atoms with Crippen LogP contribution in [0, 0.1) is 5.41 Å². The van der Waals surface area contributed by atoms with Crippen molar-refractivity contribution < 1.29 is 14.3 Å². The largest absolute Gasteiger partial charge is 0.450 e. The molecule has 1 saturated heterocycles. The molecule has 0 aromatic rings. The molecule has 0 unspecified atom stereocenters. The van der Waals surface area contributed by atoms with Gasteiger partial charge in [0.2, 0.25) is 0 Å². The Labute approximate surface area is 132 Å². The summed E-state index contributed by atoms with van der Waals surface area (Å²) in [6.45, 7) is 6.49. The van der Waals surface area contributed by atoms with Crippen LogP contribution in [0.5, 0.6) is 0 Å². The number of nitrogens with one attached hydrogen (secondary N) is 2. The van der Waals surface area contributed by atoms with Crippen molar-refractivity contribution in [3.8, 4) is 0 Å². The predicted octanol–water partition coefficient (Wildman–Crippen LogP) is 2.49. The number of carbonyl (C=O) groups is 2. The van der Waals surface area contributed by atoms with Gasteiger partial charge in [0.05, 0.1) is 6.61 Å². The normalized spacial score (nSPS) is 21.5. The fourth-order valence-corrected chi connectivity index (χ4v) is 3.36. The van der Waals surface area contributed by atoms with E-state index in [2.05, 4.69) is 17.6 Å². The third-order valence-corrected chi connectivity index (χ3v) is 4.84. The SMILES string of the molecule is CCOC(=O)N1CCC(NC(=O)NCC2(C)CCCC2)CC1. The number of rotatable bonds is 4. The molecule has 2 fully saturated rings. The van der Waals surface area contributed by atoms with E-state index in [0.29, 0.717) is 19.7 Å². The summed E-state index contributed by atoms with van der Waals surface area (Å²) in [5.74, 6) is 0. The van der Waals surface area contributed by atoms with E-state index in [1.54, 1.807) is 11.8 Å². The number of piperidine rings is 1. The molecule has 1 aliphatic heterocycles. The fraction of sp³-hybridized carbons (Fsp3) is 0.875. The Morgan fingerprint density at radius 3 is 2.45 bits per heavy atom. The van der Waals surface area contributed by atoms with Crippen LogP contribution in [0.2, 0.25) is 0 Å². The average Bonchev–Trinajstić information content (AvgIpc) is 2.94. The summed E-state index contributed by atoms with van der Waals surface area (Å²) in [7, 11) is 0. The van der Waals surface area contributed by atoms with Gasteiger partial charge in [-0.1, -0.05) is 19.8 Å². The topological polar surface area (TPSA) is 70.7 Å². The molecule has 1 saturated carbocycles. The van der Waals surface area contributed by atoms with Crippen LogP contribution in [0.4, 0.5) is 9.59 Å². The molecule has 3 amide bonds. The van der Waals surface area contributed by atoms with Crippen LogP contribution in [-0.2, 0) is 4.74 Å². The molecular weight excluding hydrogens is 282 g/mol. The quantitative estimate of drug-likeness (QED) is 0.838. The van der Waals surface area contributed by atoms with E-state index >= 15 is 0 Å². The summed E-state index contributed by atoms with van der Waals surface area (Å²) in [6.07, 6.45) is 6.25. The molecule has 2 rings (SSSR count). The van der Waals surface area contributed by atoms with Crippen LogP contribution in [-0.4, -0.2) is 49.3 Å². The minimum Gasteiger partial charge on any atom is -0.450 e. The third kappa shape index (κ3) is 4.78. The highest BCUT2D eigenvalue weighted by molar-refractivity contribution is 5.74. The van der Waals surface area contributed by atoms with Crippen molar-refractivity contribution in [1.82, 2.24) is 15.5 Å². The van der Waals surface area contributed by atoms with E-state index in [9.17, 15) is 9.59 Å². The molecule has 0 bridgehead atoms. The van der Waals surface area contributed by atoms with Crippen LogP contribution in [0.25, 0.3) is 0 Å². The van der Waals surface area contributed by atoms with Gasteiger partial charge in [0, 0.05) is 25.7 Å². The molecular formula is C16H29N3O3. The van der Waals surface area contributed by atoms with E-state index < -0.39 is 0 Å². The minimum atomic E-state index is -0.250. The zero-order valence-corrected chi connectivity index (χ0v) is 13.8. The summed E-state index contributed by atoms with van der Waals surface area (Å²) in [5, 5.41) is 6.03. The van der Waals surface area contributed by atoms with Gasteiger partial charge in [0.15, 0.2) is 0 Å². The average molecular weight is 311 g/mol. The van der Waals surface area contributed by atoms with Crippen LogP contribution in [0.3, 0.4) is 0 Å². The van der Waals surface area contributed by atoms with Crippen molar-refractivity contribution in [2.24, 2.45) is 5.41 Å². The summed E-state index contributed by atoms with van der Waals surface area (Å²) >= 11 is 0. The van der Waals surface area contributed by atoms with E-state index in [4.69, 9.17) is 4.74 Å². The van der Waals surface area contributed by atoms with Gasteiger partial charge in [-0.3, -0.25) is 0 Å². The zero-order chi connectivity index (χ0) is 16.0. The Bertz CT molecular complexity index is 386. The van der Waals surface area contributed by atoms with Gasteiger partial charge in [-0.15, -0.1) is 0 Å². The van der Waals surface area contributed by atoms with Crippen LogP contribution >= 0.6 is 0 Å². The Balaban J connectivity index is 1.65. The smallest absolute Gasteiger partial charge is 0.409 e.